The smallest absolute Gasteiger partial charge is 0.401 e. The van der Waals surface area contributed by atoms with Crippen molar-refractivity contribution in [2.75, 3.05) is 76.3 Å². The molecule has 3 aliphatic heterocycles. The van der Waals surface area contributed by atoms with Crippen LogP contribution in [0.25, 0.3) is 10.8 Å². The molecule has 1 aromatic heterocycles. The van der Waals surface area contributed by atoms with Gasteiger partial charge in [-0.2, -0.15) is 28.4 Å². The molecule has 4 heterocycles. The highest BCUT2D eigenvalue weighted by Crippen LogP contribution is 2.37. The third-order valence-corrected chi connectivity index (χ3v) is 9.95. The zero-order valence-electron chi connectivity index (χ0n) is 28.2. The molecule has 0 unspecified atom stereocenters. The van der Waals surface area contributed by atoms with Crippen molar-refractivity contribution in [3.05, 3.63) is 52.7 Å². The molecule has 2 aromatic carbocycles. The van der Waals surface area contributed by atoms with E-state index in [0.29, 0.717) is 50.2 Å². The minimum Gasteiger partial charge on any atom is -0.462 e. The fourth-order valence-corrected chi connectivity index (χ4v) is 7.38. The SMILES string of the molecule is CN(CC#CC(=O)N1CCN(c2nc(OC[C@@H]3CCCN3C)nc3c2CCN(c2cccc4cccc(Cl)c24)C3)C[C@@H]1CC#N)CC(F)(F)F. The Labute approximate surface area is 295 Å². The summed E-state index contributed by atoms with van der Waals surface area (Å²) in [5.74, 6) is 5.28. The van der Waals surface area contributed by atoms with Gasteiger partial charge in [-0.25, -0.2) is 0 Å². The van der Waals surface area contributed by atoms with Gasteiger partial charge in [-0.05, 0) is 63.3 Å². The van der Waals surface area contributed by atoms with Crippen molar-refractivity contribution in [3.8, 4) is 23.9 Å². The number of anilines is 2. The van der Waals surface area contributed by atoms with Crippen molar-refractivity contribution in [3.63, 3.8) is 0 Å². The number of halogens is 4. The van der Waals surface area contributed by atoms with Crippen LogP contribution in [0.15, 0.2) is 36.4 Å². The molecule has 0 bridgehead atoms. The fourth-order valence-electron chi connectivity index (χ4n) is 7.10. The van der Waals surface area contributed by atoms with Crippen LogP contribution in [0.1, 0.15) is 30.5 Å². The zero-order valence-corrected chi connectivity index (χ0v) is 29.0. The van der Waals surface area contributed by atoms with Crippen LogP contribution in [-0.4, -0.2) is 115 Å². The van der Waals surface area contributed by atoms with E-state index in [1.807, 2.05) is 18.2 Å². The van der Waals surface area contributed by atoms with Crippen LogP contribution >= 0.6 is 11.6 Å². The van der Waals surface area contributed by atoms with Gasteiger partial charge in [0.25, 0.3) is 5.91 Å². The molecule has 1 amide bonds. The summed E-state index contributed by atoms with van der Waals surface area (Å²) < 4.78 is 44.4. The first-order valence-electron chi connectivity index (χ1n) is 16.8. The van der Waals surface area contributed by atoms with E-state index >= 15 is 0 Å². The molecule has 3 aromatic rings. The Balaban J connectivity index is 1.25. The molecule has 0 radical (unpaired) electrons. The number of hydrogen-bond donors (Lipinski definition) is 0. The van der Waals surface area contributed by atoms with Gasteiger partial charge in [0, 0.05) is 48.9 Å². The van der Waals surface area contributed by atoms with E-state index in [1.54, 1.807) is 4.90 Å². The van der Waals surface area contributed by atoms with Gasteiger partial charge in [0.15, 0.2) is 0 Å². The Morgan fingerprint density at radius 3 is 2.64 bits per heavy atom. The summed E-state index contributed by atoms with van der Waals surface area (Å²) in [7, 11) is 3.39. The third kappa shape index (κ3) is 8.18. The lowest BCUT2D eigenvalue weighted by molar-refractivity contribution is -0.141. The Bertz CT molecular complexity index is 1820. The van der Waals surface area contributed by atoms with Crippen molar-refractivity contribution in [1.82, 2.24) is 24.7 Å². The minimum absolute atomic E-state index is 0.0676. The maximum absolute atomic E-state index is 13.1. The predicted molar refractivity (Wildman–Crippen MR) is 186 cm³/mol. The van der Waals surface area contributed by atoms with Crippen LogP contribution in [0.5, 0.6) is 6.01 Å². The quantitative estimate of drug-likeness (QED) is 0.308. The molecule has 2 saturated heterocycles. The Morgan fingerprint density at radius 2 is 1.90 bits per heavy atom. The monoisotopic (exact) mass is 708 g/mol. The second kappa shape index (κ2) is 15.3. The molecule has 2 fully saturated rings. The van der Waals surface area contributed by atoms with Gasteiger partial charge in [-0.1, -0.05) is 41.8 Å². The van der Waals surface area contributed by atoms with Gasteiger partial charge in [-0.15, -0.1) is 0 Å². The first-order valence-corrected chi connectivity index (χ1v) is 17.2. The number of likely N-dealkylation sites (N-methyl/N-ethyl adjacent to an activating group) is 1. The topological polar surface area (TPSA) is 92.1 Å². The number of rotatable bonds is 8. The van der Waals surface area contributed by atoms with Crippen LogP contribution < -0.4 is 14.5 Å². The van der Waals surface area contributed by atoms with Crippen LogP contribution in [0.3, 0.4) is 0 Å². The van der Waals surface area contributed by atoms with E-state index in [-0.39, 0.29) is 25.6 Å². The molecule has 0 spiro atoms. The summed E-state index contributed by atoms with van der Waals surface area (Å²) in [5.41, 5.74) is 2.88. The van der Waals surface area contributed by atoms with E-state index in [9.17, 15) is 23.2 Å². The zero-order chi connectivity index (χ0) is 35.4. The second-order valence-corrected chi connectivity index (χ2v) is 13.6. The highest BCUT2D eigenvalue weighted by atomic mass is 35.5. The van der Waals surface area contributed by atoms with E-state index in [2.05, 4.69) is 57.9 Å². The molecule has 3 aliphatic rings. The Morgan fingerprint density at radius 1 is 1.10 bits per heavy atom. The number of alkyl halides is 3. The van der Waals surface area contributed by atoms with E-state index in [1.165, 1.54) is 7.05 Å². The first-order chi connectivity index (χ1) is 24.0. The number of hydrogen-bond acceptors (Lipinski definition) is 9. The van der Waals surface area contributed by atoms with E-state index in [4.69, 9.17) is 26.3 Å². The van der Waals surface area contributed by atoms with Crippen molar-refractivity contribution < 1.29 is 22.7 Å². The fraction of sp³-hybridized carbons (Fsp3) is 0.500. The van der Waals surface area contributed by atoms with E-state index < -0.39 is 24.7 Å². The predicted octanol–water partition coefficient (Wildman–Crippen LogP) is 4.75. The summed E-state index contributed by atoms with van der Waals surface area (Å²) in [5, 5.41) is 12.4. The van der Waals surface area contributed by atoms with Crippen molar-refractivity contribution >= 4 is 39.8 Å². The van der Waals surface area contributed by atoms with Gasteiger partial charge in [-0.3, -0.25) is 9.69 Å². The number of carbonyl (C=O) groups excluding carboxylic acids is 1. The number of nitrogens with zero attached hydrogens (tertiary/aromatic N) is 8. The van der Waals surface area contributed by atoms with Crippen LogP contribution in [0.4, 0.5) is 24.7 Å². The minimum atomic E-state index is -4.35. The van der Waals surface area contributed by atoms with Crippen LogP contribution in [-0.2, 0) is 17.8 Å². The summed E-state index contributed by atoms with van der Waals surface area (Å²) in [6, 6.07) is 14.3. The van der Waals surface area contributed by atoms with Gasteiger partial charge >= 0.3 is 12.2 Å². The molecule has 2 atom stereocenters. The molecule has 264 valence electrons. The largest absolute Gasteiger partial charge is 0.462 e. The van der Waals surface area contributed by atoms with Gasteiger partial charge in [0.05, 0.1) is 48.9 Å². The molecule has 0 saturated carbocycles. The molecular formula is C36H40ClF3N8O2. The third-order valence-electron chi connectivity index (χ3n) is 9.64. The molecule has 14 heteroatoms. The average molecular weight is 709 g/mol. The van der Waals surface area contributed by atoms with Crippen LogP contribution in [0.2, 0.25) is 5.02 Å². The van der Waals surface area contributed by atoms with Crippen molar-refractivity contribution in [2.45, 2.75) is 50.5 Å². The molecule has 10 nitrogen and oxygen atoms in total. The number of likely N-dealkylation sites (tertiary alicyclic amines) is 1. The Hall–Kier alpha value is -4.30. The van der Waals surface area contributed by atoms with Gasteiger partial charge in [0.2, 0.25) is 0 Å². The standard InChI is InChI=1S/C36H40ClF3N8O2/c1-44(24-36(38,39)40)16-6-12-32(49)48-20-19-47(21-26(48)13-15-41)34-28-14-18-46(31-11-4-8-25-7-3-10-29(37)33(25)31)22-30(28)42-35(43-34)50-23-27-9-5-17-45(27)2/h3-4,7-8,10-11,26-27H,5,9,13-14,16-24H2,1-2H3/t26-,27-/m0/s1. The van der Waals surface area contributed by atoms with Crippen LogP contribution in [0, 0.1) is 23.2 Å². The summed E-state index contributed by atoms with van der Waals surface area (Å²) in [6.45, 7) is 2.44. The molecule has 0 N–H and O–H groups in total. The maximum Gasteiger partial charge on any atom is 0.401 e. The lowest BCUT2D eigenvalue weighted by atomic mass is 10.0. The lowest BCUT2D eigenvalue weighted by Crippen LogP contribution is -2.55. The van der Waals surface area contributed by atoms with Gasteiger partial charge in [0.1, 0.15) is 12.4 Å². The first kappa shape index (κ1) is 35.5. The molecule has 50 heavy (non-hydrogen) atoms. The average Bonchev–Trinajstić information content (AvgIpc) is 3.50. The number of piperazine rings is 1. The number of benzene rings is 2. The molecule has 6 rings (SSSR count). The van der Waals surface area contributed by atoms with E-state index in [0.717, 1.165) is 57.8 Å². The summed E-state index contributed by atoms with van der Waals surface area (Å²) in [4.78, 5) is 32.2. The number of amides is 1. The maximum atomic E-state index is 13.1. The number of ether oxygens (including phenoxy) is 1. The molecular weight excluding hydrogens is 669 g/mol. The number of carbonyl (C=O) groups is 1. The highest BCUT2D eigenvalue weighted by Gasteiger charge is 2.34. The highest BCUT2D eigenvalue weighted by molar-refractivity contribution is 6.36. The summed E-state index contributed by atoms with van der Waals surface area (Å²) >= 11 is 6.70. The normalized spacial score (nSPS) is 19.7. The number of fused-ring (bicyclic) bond motifs is 2. The molecule has 0 aliphatic carbocycles. The van der Waals surface area contributed by atoms with Crippen molar-refractivity contribution in [2.24, 2.45) is 0 Å². The number of aromatic nitrogens is 2. The Kier molecular flexibility index (Phi) is 10.9. The number of nitriles is 1. The lowest BCUT2D eigenvalue weighted by Gasteiger charge is -2.41. The summed E-state index contributed by atoms with van der Waals surface area (Å²) in [6.07, 6.45) is -1.47. The second-order valence-electron chi connectivity index (χ2n) is 13.2. The van der Waals surface area contributed by atoms with Crippen molar-refractivity contribution in [1.29, 1.82) is 5.26 Å². The van der Waals surface area contributed by atoms with Gasteiger partial charge < -0.3 is 24.3 Å².